The zero-order chi connectivity index (χ0) is 21.5. The number of carbonyl (C=O) groups excluding carboxylic acids is 1. The van der Waals surface area contributed by atoms with Crippen LogP contribution in [0.5, 0.6) is 0 Å². The van der Waals surface area contributed by atoms with E-state index in [1.165, 1.54) is 51.4 Å². The number of rotatable bonds is 7. The van der Waals surface area contributed by atoms with Crippen molar-refractivity contribution in [3.63, 3.8) is 0 Å². The highest BCUT2D eigenvalue weighted by atomic mass is 16.1. The molecule has 3 saturated carbocycles. The number of ketones is 1. The van der Waals surface area contributed by atoms with E-state index in [9.17, 15) is 4.79 Å². The molecule has 0 saturated heterocycles. The summed E-state index contributed by atoms with van der Waals surface area (Å²) in [6, 6.07) is 0. The Morgan fingerprint density at radius 1 is 1.07 bits per heavy atom. The Bertz CT molecular complexity index is 743. The number of aromatic nitrogens is 4. The van der Waals surface area contributed by atoms with Crippen LogP contribution in [0.1, 0.15) is 91.3 Å². The summed E-state index contributed by atoms with van der Waals surface area (Å²) in [5, 5.41) is 11.7. The van der Waals surface area contributed by atoms with Gasteiger partial charge < -0.3 is 0 Å². The van der Waals surface area contributed by atoms with Gasteiger partial charge in [0, 0.05) is 5.92 Å². The highest BCUT2D eigenvalue weighted by Crippen LogP contribution is 2.63. The SMILES string of the molecule is CCCC1C2CCC3C(C(=O)Cn4nnnc4C)CCC3C2CCC1(CC)C(C)C. The van der Waals surface area contributed by atoms with E-state index in [-0.39, 0.29) is 5.92 Å². The largest absolute Gasteiger partial charge is 0.297 e. The predicted octanol–water partition coefficient (Wildman–Crippen LogP) is 5.48. The van der Waals surface area contributed by atoms with Crippen LogP contribution in [0.2, 0.25) is 0 Å². The van der Waals surface area contributed by atoms with Gasteiger partial charge in [0.15, 0.2) is 5.78 Å². The molecule has 1 heterocycles. The van der Waals surface area contributed by atoms with Gasteiger partial charge in [-0.05, 0) is 110 Å². The van der Waals surface area contributed by atoms with Gasteiger partial charge in [-0.25, -0.2) is 4.68 Å². The van der Waals surface area contributed by atoms with Gasteiger partial charge >= 0.3 is 0 Å². The number of fused-ring (bicyclic) bond motifs is 3. The molecule has 0 amide bonds. The van der Waals surface area contributed by atoms with Gasteiger partial charge in [-0.2, -0.15) is 0 Å². The second kappa shape index (κ2) is 8.70. The number of aryl methyl sites for hydroxylation is 1. The van der Waals surface area contributed by atoms with Gasteiger partial charge in [0.05, 0.1) is 0 Å². The highest BCUT2D eigenvalue weighted by Gasteiger charge is 2.55. The van der Waals surface area contributed by atoms with E-state index in [0.717, 1.165) is 41.8 Å². The Labute approximate surface area is 182 Å². The second-order valence-electron chi connectivity index (χ2n) is 10.9. The number of nitrogens with zero attached hydrogens (tertiary/aromatic N) is 4. The van der Waals surface area contributed by atoms with Crippen LogP contribution in [-0.2, 0) is 11.3 Å². The molecule has 0 aliphatic heterocycles. The van der Waals surface area contributed by atoms with Gasteiger partial charge in [-0.15, -0.1) is 5.10 Å². The van der Waals surface area contributed by atoms with Crippen LogP contribution in [0.25, 0.3) is 0 Å². The Kier molecular flexibility index (Phi) is 6.37. The summed E-state index contributed by atoms with van der Waals surface area (Å²) in [6.45, 7) is 12.0. The maximum Gasteiger partial charge on any atom is 0.157 e. The zero-order valence-corrected chi connectivity index (χ0v) is 19.8. The minimum Gasteiger partial charge on any atom is -0.297 e. The third-order valence-corrected chi connectivity index (χ3v) is 9.85. The summed E-state index contributed by atoms with van der Waals surface area (Å²) >= 11 is 0. The maximum atomic E-state index is 13.2. The molecule has 7 atom stereocenters. The molecular formula is C25H42N4O. The third kappa shape index (κ3) is 3.54. The van der Waals surface area contributed by atoms with E-state index < -0.39 is 0 Å². The average molecular weight is 415 g/mol. The summed E-state index contributed by atoms with van der Waals surface area (Å²) in [6.07, 6.45) is 11.8. The van der Waals surface area contributed by atoms with Crippen molar-refractivity contribution in [3.8, 4) is 0 Å². The number of Topliss-reactive ketones (excluding diaryl/α,β-unsaturated/α-hetero) is 1. The molecule has 3 fully saturated rings. The molecule has 3 aliphatic rings. The molecular weight excluding hydrogens is 372 g/mol. The van der Waals surface area contributed by atoms with Crippen molar-refractivity contribution in [1.82, 2.24) is 20.2 Å². The van der Waals surface area contributed by atoms with Crippen molar-refractivity contribution in [2.75, 3.05) is 0 Å². The van der Waals surface area contributed by atoms with Crippen molar-refractivity contribution in [1.29, 1.82) is 0 Å². The van der Waals surface area contributed by atoms with Crippen LogP contribution < -0.4 is 0 Å². The van der Waals surface area contributed by atoms with Crippen molar-refractivity contribution in [3.05, 3.63) is 5.82 Å². The topological polar surface area (TPSA) is 60.7 Å². The molecule has 168 valence electrons. The van der Waals surface area contributed by atoms with Gasteiger partial charge in [0.1, 0.15) is 12.4 Å². The van der Waals surface area contributed by atoms with E-state index in [1.807, 2.05) is 6.92 Å². The third-order valence-electron chi connectivity index (χ3n) is 9.85. The maximum absolute atomic E-state index is 13.2. The minimum absolute atomic E-state index is 0.229. The van der Waals surface area contributed by atoms with Crippen LogP contribution in [0.4, 0.5) is 0 Å². The Morgan fingerprint density at radius 3 is 2.40 bits per heavy atom. The molecule has 7 unspecified atom stereocenters. The fourth-order valence-electron chi connectivity index (χ4n) is 8.37. The molecule has 0 N–H and O–H groups in total. The van der Waals surface area contributed by atoms with E-state index in [2.05, 4.69) is 43.2 Å². The zero-order valence-electron chi connectivity index (χ0n) is 19.8. The Hall–Kier alpha value is -1.26. The lowest BCUT2D eigenvalue weighted by atomic mass is 9.47. The molecule has 0 spiro atoms. The lowest BCUT2D eigenvalue weighted by molar-refractivity contribution is -0.127. The molecule has 0 aromatic carbocycles. The molecule has 0 radical (unpaired) electrons. The van der Waals surface area contributed by atoms with E-state index in [1.54, 1.807) is 4.68 Å². The lowest BCUT2D eigenvalue weighted by Gasteiger charge is -2.58. The summed E-state index contributed by atoms with van der Waals surface area (Å²) in [7, 11) is 0. The van der Waals surface area contributed by atoms with Crippen LogP contribution in [0, 0.1) is 53.8 Å². The molecule has 30 heavy (non-hydrogen) atoms. The molecule has 1 aromatic heterocycles. The van der Waals surface area contributed by atoms with Gasteiger partial charge in [-0.1, -0.05) is 34.1 Å². The van der Waals surface area contributed by atoms with Gasteiger partial charge in [0.2, 0.25) is 0 Å². The fraction of sp³-hybridized carbons (Fsp3) is 0.920. The first-order valence-electron chi connectivity index (χ1n) is 12.7. The standard InChI is InChI=1S/C25H42N4O/c1-6-8-23-21-11-9-19-18(20(21)13-14-25(23,7-2)16(3)4)10-12-22(19)24(30)15-29-17(5)26-27-28-29/h16,18-23H,6-15H2,1-5H3. The normalized spacial score (nSPS) is 38.5. The molecule has 5 heteroatoms. The van der Waals surface area contributed by atoms with Crippen LogP contribution in [0.15, 0.2) is 0 Å². The predicted molar refractivity (Wildman–Crippen MR) is 119 cm³/mol. The molecule has 1 aromatic rings. The molecule has 5 nitrogen and oxygen atoms in total. The number of hydrogen-bond donors (Lipinski definition) is 0. The summed E-state index contributed by atoms with van der Waals surface area (Å²) in [4.78, 5) is 13.2. The number of carbonyl (C=O) groups is 1. The van der Waals surface area contributed by atoms with Crippen LogP contribution >= 0.6 is 0 Å². The number of tetrazole rings is 1. The quantitative estimate of drug-likeness (QED) is 0.592. The van der Waals surface area contributed by atoms with Gasteiger partial charge in [0.25, 0.3) is 0 Å². The van der Waals surface area contributed by atoms with Crippen LogP contribution in [-0.4, -0.2) is 26.0 Å². The van der Waals surface area contributed by atoms with Gasteiger partial charge in [-0.3, -0.25) is 4.79 Å². The van der Waals surface area contributed by atoms with E-state index in [4.69, 9.17) is 0 Å². The van der Waals surface area contributed by atoms with E-state index >= 15 is 0 Å². The second-order valence-corrected chi connectivity index (χ2v) is 10.9. The summed E-state index contributed by atoms with van der Waals surface area (Å²) in [5.74, 6) is 6.10. The molecule has 3 aliphatic carbocycles. The lowest BCUT2D eigenvalue weighted by Crippen LogP contribution is -2.50. The highest BCUT2D eigenvalue weighted by molar-refractivity contribution is 5.81. The minimum atomic E-state index is 0.229. The summed E-state index contributed by atoms with van der Waals surface area (Å²) < 4.78 is 1.68. The number of hydrogen-bond acceptors (Lipinski definition) is 4. The monoisotopic (exact) mass is 414 g/mol. The first-order chi connectivity index (χ1) is 14.4. The van der Waals surface area contributed by atoms with Crippen molar-refractivity contribution >= 4 is 5.78 Å². The first-order valence-corrected chi connectivity index (χ1v) is 12.7. The van der Waals surface area contributed by atoms with Crippen molar-refractivity contribution in [2.45, 2.75) is 99.0 Å². The smallest absolute Gasteiger partial charge is 0.157 e. The fourth-order valence-corrected chi connectivity index (χ4v) is 8.37. The van der Waals surface area contributed by atoms with Crippen molar-refractivity contribution < 1.29 is 4.79 Å². The van der Waals surface area contributed by atoms with Crippen molar-refractivity contribution in [2.24, 2.45) is 46.8 Å². The summed E-state index contributed by atoms with van der Waals surface area (Å²) in [5.41, 5.74) is 0.537. The van der Waals surface area contributed by atoms with Crippen LogP contribution in [0.3, 0.4) is 0 Å². The first kappa shape index (κ1) is 22.0. The molecule has 0 bridgehead atoms. The molecule has 4 rings (SSSR count). The van der Waals surface area contributed by atoms with E-state index in [0.29, 0.717) is 23.7 Å². The average Bonchev–Trinajstić information content (AvgIpc) is 3.34. The Morgan fingerprint density at radius 2 is 1.77 bits per heavy atom. The Balaban J connectivity index is 1.50.